The summed E-state index contributed by atoms with van der Waals surface area (Å²) in [5, 5.41) is 10.2. The maximum absolute atomic E-state index is 12.3. The maximum Gasteiger partial charge on any atom is 0.338 e. The molecule has 0 aliphatic carbocycles. The second-order valence-electron chi connectivity index (χ2n) is 6.20. The minimum Gasteiger partial charge on any atom is -0.469 e. The second kappa shape index (κ2) is 6.29. The molecule has 3 rings (SSSR count). The van der Waals surface area contributed by atoms with E-state index in [0.29, 0.717) is 18.4 Å². The summed E-state index contributed by atoms with van der Waals surface area (Å²) in [7, 11) is 3.21. The highest BCUT2D eigenvalue weighted by atomic mass is 16.6. The van der Waals surface area contributed by atoms with Crippen LogP contribution in [-0.4, -0.2) is 60.4 Å². The molecule has 2 aliphatic rings. The number of benzene rings is 1. The molecular formula is C17H21NO5. The van der Waals surface area contributed by atoms with E-state index >= 15 is 0 Å². The van der Waals surface area contributed by atoms with Gasteiger partial charge in [0.1, 0.15) is 12.0 Å². The predicted octanol–water partition coefficient (Wildman–Crippen LogP) is 0.839. The lowest BCUT2D eigenvalue weighted by atomic mass is 9.87. The van der Waals surface area contributed by atoms with Crippen molar-refractivity contribution in [1.82, 2.24) is 4.90 Å². The van der Waals surface area contributed by atoms with Gasteiger partial charge in [-0.3, -0.25) is 9.69 Å². The fourth-order valence-electron chi connectivity index (χ4n) is 3.79. The molecule has 1 aromatic rings. The summed E-state index contributed by atoms with van der Waals surface area (Å²) in [5.41, 5.74) is 0.447. The van der Waals surface area contributed by atoms with Crippen molar-refractivity contribution in [2.75, 3.05) is 14.2 Å². The summed E-state index contributed by atoms with van der Waals surface area (Å²) in [6.45, 7) is 0. The molecule has 6 heteroatoms. The van der Waals surface area contributed by atoms with Gasteiger partial charge in [0.15, 0.2) is 0 Å². The van der Waals surface area contributed by atoms with E-state index in [1.165, 1.54) is 7.11 Å². The van der Waals surface area contributed by atoms with E-state index in [4.69, 9.17) is 9.47 Å². The Bertz CT molecular complexity index is 590. The molecule has 0 amide bonds. The molecule has 124 valence electrons. The molecule has 2 saturated heterocycles. The summed E-state index contributed by atoms with van der Waals surface area (Å²) in [5.74, 6) is -1.44. The Hall–Kier alpha value is -1.92. The average Bonchev–Trinajstić information content (AvgIpc) is 2.74. The van der Waals surface area contributed by atoms with Gasteiger partial charge in [-0.25, -0.2) is 4.79 Å². The van der Waals surface area contributed by atoms with Gasteiger partial charge in [-0.1, -0.05) is 18.2 Å². The van der Waals surface area contributed by atoms with Crippen LogP contribution in [0.3, 0.4) is 0 Å². The largest absolute Gasteiger partial charge is 0.469 e. The number of aliphatic hydroxyl groups excluding tert-OH is 1. The number of piperidine rings is 1. The number of hydrogen-bond acceptors (Lipinski definition) is 6. The molecule has 2 fully saturated rings. The topological polar surface area (TPSA) is 76.1 Å². The van der Waals surface area contributed by atoms with Crippen LogP contribution in [0.5, 0.6) is 0 Å². The Morgan fingerprint density at radius 1 is 1.17 bits per heavy atom. The van der Waals surface area contributed by atoms with Gasteiger partial charge in [0.2, 0.25) is 0 Å². The normalized spacial score (nSPS) is 33.3. The Morgan fingerprint density at radius 3 is 2.52 bits per heavy atom. The summed E-state index contributed by atoms with van der Waals surface area (Å²) in [4.78, 5) is 26.5. The average molecular weight is 319 g/mol. The molecular weight excluding hydrogens is 298 g/mol. The number of rotatable bonds is 3. The highest BCUT2D eigenvalue weighted by Gasteiger charge is 2.54. The van der Waals surface area contributed by atoms with Crippen LogP contribution in [0.25, 0.3) is 0 Å². The van der Waals surface area contributed by atoms with Crippen molar-refractivity contribution in [2.45, 2.75) is 37.1 Å². The lowest BCUT2D eigenvalue weighted by Crippen LogP contribution is -2.54. The number of ether oxygens (including phenoxy) is 2. The molecule has 1 N–H and O–H groups in total. The zero-order valence-electron chi connectivity index (χ0n) is 13.2. The van der Waals surface area contributed by atoms with Crippen LogP contribution in [0.1, 0.15) is 23.2 Å². The first-order valence-corrected chi connectivity index (χ1v) is 7.76. The maximum atomic E-state index is 12.3. The van der Waals surface area contributed by atoms with Gasteiger partial charge in [-0.05, 0) is 25.6 Å². The molecule has 0 aromatic heterocycles. The molecule has 6 nitrogen and oxygen atoms in total. The van der Waals surface area contributed by atoms with Crippen LogP contribution < -0.4 is 0 Å². The minimum absolute atomic E-state index is 0.102. The highest BCUT2D eigenvalue weighted by molar-refractivity contribution is 5.89. The van der Waals surface area contributed by atoms with Crippen molar-refractivity contribution in [1.29, 1.82) is 0 Å². The first kappa shape index (κ1) is 16.0. The molecule has 0 radical (unpaired) electrons. The first-order valence-electron chi connectivity index (χ1n) is 7.76. The predicted molar refractivity (Wildman–Crippen MR) is 81.7 cm³/mol. The standard InChI is InChI=1S/C17H21NO5/c1-18-11-9-14(23-16(20)10-6-4-3-5-7-10)15(17(21)22-2)12(18)8-13(11)19/h3-7,11-15,19H,8-9H2,1-2H3/t11-,12-,13+,14+,15+/m1/s1. The molecule has 0 unspecified atom stereocenters. The van der Waals surface area contributed by atoms with Crippen LogP contribution in [-0.2, 0) is 14.3 Å². The molecule has 2 aliphatic heterocycles. The Morgan fingerprint density at radius 2 is 1.87 bits per heavy atom. The van der Waals surface area contributed by atoms with Crippen LogP contribution >= 0.6 is 0 Å². The van der Waals surface area contributed by atoms with Crippen molar-refractivity contribution in [3.05, 3.63) is 35.9 Å². The number of nitrogens with zero attached hydrogens (tertiary/aromatic N) is 1. The van der Waals surface area contributed by atoms with Crippen molar-refractivity contribution in [2.24, 2.45) is 5.92 Å². The molecule has 1 aromatic carbocycles. The van der Waals surface area contributed by atoms with Gasteiger partial charge >= 0.3 is 11.9 Å². The number of methoxy groups -OCH3 is 1. The Balaban J connectivity index is 1.82. The molecule has 2 bridgehead atoms. The van der Waals surface area contributed by atoms with Crippen molar-refractivity contribution in [3.63, 3.8) is 0 Å². The van der Waals surface area contributed by atoms with Gasteiger partial charge in [0, 0.05) is 18.5 Å². The van der Waals surface area contributed by atoms with Gasteiger partial charge in [-0.15, -0.1) is 0 Å². The summed E-state index contributed by atoms with van der Waals surface area (Å²) >= 11 is 0. The lowest BCUT2D eigenvalue weighted by Gasteiger charge is -2.40. The van der Waals surface area contributed by atoms with Gasteiger partial charge < -0.3 is 14.6 Å². The van der Waals surface area contributed by atoms with Crippen LogP contribution in [0.4, 0.5) is 0 Å². The Kier molecular flexibility index (Phi) is 4.37. The molecule has 2 heterocycles. The molecule has 5 atom stereocenters. The van der Waals surface area contributed by atoms with E-state index in [1.807, 2.05) is 18.0 Å². The fraction of sp³-hybridized carbons (Fsp3) is 0.529. The van der Waals surface area contributed by atoms with Crippen LogP contribution in [0.15, 0.2) is 30.3 Å². The van der Waals surface area contributed by atoms with E-state index in [9.17, 15) is 14.7 Å². The SMILES string of the molecule is COC(=O)[C@@H]1[C@@H](OC(=O)c2ccccc2)C[C@@H]2[C@@H](O)C[C@H]1N2C. The van der Waals surface area contributed by atoms with Crippen molar-refractivity contribution >= 4 is 11.9 Å². The van der Waals surface area contributed by atoms with E-state index in [-0.39, 0.29) is 12.1 Å². The molecule has 0 spiro atoms. The van der Waals surface area contributed by atoms with E-state index in [0.717, 1.165) is 0 Å². The monoisotopic (exact) mass is 319 g/mol. The number of likely N-dealkylation sites (N-methyl/N-ethyl adjacent to an activating group) is 1. The van der Waals surface area contributed by atoms with Crippen molar-refractivity contribution in [3.8, 4) is 0 Å². The number of carbonyl (C=O) groups excluding carboxylic acids is 2. The second-order valence-corrected chi connectivity index (χ2v) is 6.20. The zero-order valence-corrected chi connectivity index (χ0v) is 13.2. The molecule has 23 heavy (non-hydrogen) atoms. The van der Waals surface area contributed by atoms with E-state index < -0.39 is 30.1 Å². The van der Waals surface area contributed by atoms with E-state index in [1.54, 1.807) is 24.3 Å². The highest BCUT2D eigenvalue weighted by Crippen LogP contribution is 2.40. The van der Waals surface area contributed by atoms with E-state index in [2.05, 4.69) is 0 Å². The van der Waals surface area contributed by atoms with Gasteiger partial charge in [0.25, 0.3) is 0 Å². The Labute approximate surface area is 135 Å². The van der Waals surface area contributed by atoms with Gasteiger partial charge in [-0.2, -0.15) is 0 Å². The summed E-state index contributed by atoms with van der Waals surface area (Å²) in [6, 6.07) is 8.41. The first-order chi connectivity index (χ1) is 11.0. The number of esters is 2. The smallest absolute Gasteiger partial charge is 0.338 e. The van der Waals surface area contributed by atoms with Crippen LogP contribution in [0, 0.1) is 5.92 Å². The number of fused-ring (bicyclic) bond motifs is 2. The molecule has 0 saturated carbocycles. The van der Waals surface area contributed by atoms with Gasteiger partial charge in [0.05, 0.1) is 18.8 Å². The summed E-state index contributed by atoms with van der Waals surface area (Å²) < 4.78 is 10.5. The number of aliphatic hydroxyl groups is 1. The quantitative estimate of drug-likeness (QED) is 0.832. The fourth-order valence-corrected chi connectivity index (χ4v) is 3.79. The third-order valence-electron chi connectivity index (χ3n) is 5.00. The third-order valence-corrected chi connectivity index (χ3v) is 5.00. The third kappa shape index (κ3) is 2.84. The number of carbonyl (C=O) groups is 2. The van der Waals surface area contributed by atoms with Crippen LogP contribution in [0.2, 0.25) is 0 Å². The van der Waals surface area contributed by atoms with Crippen molar-refractivity contribution < 1.29 is 24.2 Å². The summed E-state index contributed by atoms with van der Waals surface area (Å²) in [6.07, 6.45) is -0.191. The lowest BCUT2D eigenvalue weighted by molar-refractivity contribution is -0.156. The zero-order chi connectivity index (χ0) is 16.6. The number of hydrogen-bond donors (Lipinski definition) is 1. The minimum atomic E-state index is -0.585.